The van der Waals surface area contributed by atoms with E-state index < -0.39 is 17.3 Å². The summed E-state index contributed by atoms with van der Waals surface area (Å²) in [7, 11) is 1.42. The van der Waals surface area contributed by atoms with E-state index in [-0.39, 0.29) is 129 Å². The van der Waals surface area contributed by atoms with E-state index in [9.17, 15) is 84.3 Å². The van der Waals surface area contributed by atoms with E-state index in [0.717, 1.165) is 16.7 Å². The maximum absolute atomic E-state index is 11.9. The molecule has 0 heterocycles. The Kier molecular flexibility index (Phi) is 29.5. The molecule has 0 spiro atoms. The van der Waals surface area contributed by atoms with E-state index in [0.29, 0.717) is 27.8 Å². The fraction of sp³-hybridized carbons (Fsp3) is 0.0649. The fourth-order valence-electron chi connectivity index (χ4n) is 7.80. The van der Waals surface area contributed by atoms with E-state index in [1.807, 2.05) is 0 Å². The van der Waals surface area contributed by atoms with Crippen molar-refractivity contribution < 1.29 is 104 Å². The van der Waals surface area contributed by atoms with Crippen LogP contribution >= 0.6 is 0 Å². The van der Waals surface area contributed by atoms with E-state index in [1.165, 1.54) is 201 Å². The minimum Gasteiger partial charge on any atom is -0.508 e. The number of phenols is 12. The molecule has 0 atom stereocenters. The largest absolute Gasteiger partial charge is 0.508 e. The fourth-order valence-corrected chi connectivity index (χ4v) is 7.80. The van der Waals surface area contributed by atoms with Gasteiger partial charge in [0, 0.05) is 0 Å². The lowest BCUT2D eigenvalue weighted by Gasteiger charge is -2.03. The molecule has 8 aromatic carbocycles. The van der Waals surface area contributed by atoms with Gasteiger partial charge in [0.15, 0.2) is 104 Å². The lowest BCUT2D eigenvalue weighted by molar-refractivity contribution is -0.123. The molecule has 0 aliphatic rings. The maximum atomic E-state index is 11.9. The summed E-state index contributed by atoms with van der Waals surface area (Å²) in [6.07, 6.45) is 21.1. The number of carbonyl (C=O) groups is 8. The number of allylic oxidation sites excluding steroid dienone is 8. The smallest absolute Gasteiger partial charge is 0.163 e. The highest BCUT2D eigenvalue weighted by molar-refractivity contribution is 6.13. The molecule has 12 N–H and O–H groups in total. The van der Waals surface area contributed by atoms with Crippen molar-refractivity contribution in [3.8, 4) is 74.7 Å². The summed E-state index contributed by atoms with van der Waals surface area (Å²) in [6, 6.07) is 40.2. The van der Waals surface area contributed by atoms with E-state index >= 15 is 0 Å². The molecule has 21 heteroatoms. The predicted octanol–water partition coefficient (Wildman–Crippen LogP) is 12.2. The van der Waals surface area contributed by atoms with Crippen LogP contribution in [0.15, 0.2) is 212 Å². The lowest BCUT2D eigenvalue weighted by atomic mass is 10.1. The molecule has 0 aromatic heterocycles. The van der Waals surface area contributed by atoms with Gasteiger partial charge in [-0.1, -0.05) is 115 Å². The van der Waals surface area contributed by atoms with Gasteiger partial charge in [-0.25, -0.2) is 0 Å². The summed E-state index contributed by atoms with van der Waals surface area (Å²) < 4.78 is 4.98. The number of carbonyl (C=O) groups excluding carboxylic acids is 8. The van der Waals surface area contributed by atoms with Gasteiger partial charge in [0.2, 0.25) is 0 Å². The second-order valence-electron chi connectivity index (χ2n) is 20.8. The minimum atomic E-state index is -0.421. The van der Waals surface area contributed by atoms with Crippen molar-refractivity contribution >= 4 is 94.9 Å². The average Bonchev–Trinajstić information content (AvgIpc) is 1.01. The normalized spacial score (nSPS) is 11.2. The molecule has 0 radical (unpaired) electrons. The molecule has 0 aliphatic carbocycles. The Labute approximate surface area is 561 Å². The van der Waals surface area contributed by atoms with Crippen LogP contribution in [0, 0.1) is 0 Å². The Morgan fingerprint density at radius 2 is 0.408 bits per heavy atom. The first-order chi connectivity index (χ1) is 46.7. The van der Waals surface area contributed by atoms with Gasteiger partial charge in [0.05, 0.1) is 32.8 Å². The molecule has 98 heavy (non-hydrogen) atoms. The van der Waals surface area contributed by atoms with Crippen molar-refractivity contribution in [3.05, 3.63) is 257 Å². The number of benzene rings is 8. The van der Waals surface area contributed by atoms with Crippen LogP contribution < -0.4 is 4.74 Å². The molecule has 0 bridgehead atoms. The number of hydrogen-bond acceptors (Lipinski definition) is 21. The predicted molar refractivity (Wildman–Crippen MR) is 369 cm³/mol. The zero-order chi connectivity index (χ0) is 71.7. The third kappa shape index (κ3) is 28.1. The van der Waals surface area contributed by atoms with Gasteiger partial charge < -0.3 is 66.0 Å². The number of ketones is 8. The summed E-state index contributed by atoms with van der Waals surface area (Å²) >= 11 is 0. The van der Waals surface area contributed by atoms with Gasteiger partial charge in [0.1, 0.15) is 17.2 Å². The molecule has 0 unspecified atom stereocenters. The summed E-state index contributed by atoms with van der Waals surface area (Å²) in [5.74, 6) is -4.36. The number of phenolic OH excluding ortho intramolecular Hbond substituents is 12. The number of methoxy groups -OCH3 is 1. The molecule has 0 saturated carbocycles. The monoisotopic (exact) mass is 1330 g/mol. The second kappa shape index (κ2) is 38.5. The molecular formula is C77H66O21. The highest BCUT2D eigenvalue weighted by Crippen LogP contribution is 2.30. The SMILES string of the molecule is COc1cc(/C=C/C(=O)CC(=O)/C=C/c2ccc(O)c(O)c2)ccc1O.O=C(/C=C/c1ccc(O)c(O)c1)CC(=O)/C=C/c1ccc(O)c(O)c1.O=C(/C=C/c1ccc(O)cc1)CC(=O)/C=C/c1ccc(O)c(O)c1.O=C(/C=C/c1ccc(O)cc1)CC(=O)/C=C/c1ccc(O)cc1. The molecular weight excluding hydrogens is 1260 g/mol. The van der Waals surface area contributed by atoms with Crippen molar-refractivity contribution in [1.29, 1.82) is 0 Å². The Morgan fingerprint density at radius 1 is 0.235 bits per heavy atom. The highest BCUT2D eigenvalue weighted by atomic mass is 16.5. The third-order valence-electron chi connectivity index (χ3n) is 13.0. The van der Waals surface area contributed by atoms with Gasteiger partial charge in [-0.2, -0.15) is 0 Å². The lowest BCUT2D eigenvalue weighted by Crippen LogP contribution is -2.01. The zero-order valence-corrected chi connectivity index (χ0v) is 52.2. The highest BCUT2D eigenvalue weighted by Gasteiger charge is 2.10. The number of ether oxygens (including phenoxy) is 1. The molecule has 0 aliphatic heterocycles. The van der Waals surface area contributed by atoms with Crippen LogP contribution in [0.1, 0.15) is 70.2 Å². The molecule has 8 rings (SSSR count). The summed E-state index contributed by atoms with van der Waals surface area (Å²) in [6.45, 7) is 0. The first kappa shape index (κ1) is 75.2. The van der Waals surface area contributed by atoms with E-state index in [4.69, 9.17) is 20.1 Å². The Bertz CT molecular complexity index is 4270. The first-order valence-electron chi connectivity index (χ1n) is 29.2. The molecule has 8 aromatic rings. The summed E-state index contributed by atoms with van der Waals surface area (Å²) in [4.78, 5) is 94.2. The topological polar surface area (TPSA) is 389 Å². The summed E-state index contributed by atoms with van der Waals surface area (Å²) in [5, 5.41) is 111. The molecule has 0 amide bonds. The van der Waals surface area contributed by atoms with E-state index in [1.54, 1.807) is 66.8 Å². The second-order valence-corrected chi connectivity index (χ2v) is 20.8. The van der Waals surface area contributed by atoms with Gasteiger partial charge in [-0.05, 0) is 190 Å². The minimum absolute atomic E-state index is 0.00319. The molecule has 0 saturated heterocycles. The van der Waals surface area contributed by atoms with Crippen molar-refractivity contribution in [2.24, 2.45) is 0 Å². The van der Waals surface area contributed by atoms with Crippen molar-refractivity contribution in [1.82, 2.24) is 0 Å². The van der Waals surface area contributed by atoms with Gasteiger partial charge >= 0.3 is 0 Å². The molecule has 21 nitrogen and oxygen atoms in total. The summed E-state index contributed by atoms with van der Waals surface area (Å²) in [5.41, 5.74) is 4.99. The van der Waals surface area contributed by atoms with Crippen molar-refractivity contribution in [3.63, 3.8) is 0 Å². The van der Waals surface area contributed by atoms with Gasteiger partial charge in [-0.3, -0.25) is 38.4 Å². The quantitative estimate of drug-likeness (QED) is 0.0144. The van der Waals surface area contributed by atoms with Gasteiger partial charge in [0.25, 0.3) is 0 Å². The molecule has 500 valence electrons. The first-order valence-corrected chi connectivity index (χ1v) is 29.2. The van der Waals surface area contributed by atoms with Gasteiger partial charge in [-0.15, -0.1) is 0 Å². The third-order valence-corrected chi connectivity index (χ3v) is 13.0. The Morgan fingerprint density at radius 3 is 0.602 bits per heavy atom. The standard InChI is InChI=1S/C20H18O6.C19H16O6.C19H16O5.C19H16O4/c1-26-20-11-14(5-9-18(20)24)3-7-16(22)12-15(21)6-2-13-4-8-17(23)19(25)10-13;20-14(5-1-12-3-7-16(22)18(24)9-12)11-15(21)6-2-13-4-8-17(23)19(25)10-13;20-15-6-1-13(2-7-15)3-8-16(21)12-17(22)9-4-14-5-10-18(23)19(24)11-14;20-16-7-1-14(2-8-16)5-11-18(22)13-19(23)12-6-15-3-9-17(21)10-4-15/h2-11,23-25H,12H2,1H3;1-10,22-25H,11H2;1-11,20,23-24H,12H2;1-12,20-21H,13H2/b6-2+,7-3+;5-1+,6-2+;8-3+,9-4+;11-5+,12-6+. The van der Waals surface area contributed by atoms with Crippen LogP contribution in [0.4, 0.5) is 0 Å². The number of rotatable bonds is 25. The molecule has 0 fully saturated rings. The van der Waals surface area contributed by atoms with Crippen molar-refractivity contribution in [2.45, 2.75) is 25.7 Å². The van der Waals surface area contributed by atoms with Crippen LogP contribution in [-0.2, 0) is 38.4 Å². The Hall–Kier alpha value is -13.6. The van der Waals surface area contributed by atoms with Crippen LogP contribution in [-0.4, -0.2) is 115 Å². The van der Waals surface area contributed by atoms with Crippen LogP contribution in [0.25, 0.3) is 48.6 Å². The van der Waals surface area contributed by atoms with Crippen molar-refractivity contribution in [2.75, 3.05) is 7.11 Å². The van der Waals surface area contributed by atoms with E-state index in [2.05, 4.69) is 0 Å². The average molecular weight is 1330 g/mol. The zero-order valence-electron chi connectivity index (χ0n) is 52.2. The number of aromatic hydroxyl groups is 12. The Balaban J connectivity index is 0.000000236. The van der Waals surface area contributed by atoms with Crippen LogP contribution in [0.3, 0.4) is 0 Å². The maximum Gasteiger partial charge on any atom is 0.163 e. The number of hydrogen-bond donors (Lipinski definition) is 12. The van der Waals surface area contributed by atoms with Crippen LogP contribution in [0.5, 0.6) is 74.7 Å². The van der Waals surface area contributed by atoms with Crippen LogP contribution in [0.2, 0.25) is 0 Å².